The summed E-state index contributed by atoms with van der Waals surface area (Å²) in [5.74, 6) is 1.89. The quantitative estimate of drug-likeness (QED) is 0.313. The number of rotatable bonds is 10. The number of hydrogen-bond acceptors (Lipinski definition) is 5. The van der Waals surface area contributed by atoms with E-state index in [9.17, 15) is 0 Å². The molecule has 0 saturated carbocycles. The molecule has 1 aromatic rings. The molecule has 146 valence electrons. The van der Waals surface area contributed by atoms with Crippen molar-refractivity contribution in [2.45, 2.75) is 45.8 Å². The Hall–Kier alpha value is -0.870. The van der Waals surface area contributed by atoms with Crippen molar-refractivity contribution in [3.05, 3.63) is 17.5 Å². The van der Waals surface area contributed by atoms with Crippen LogP contribution in [-0.4, -0.2) is 63.0 Å². The Morgan fingerprint density at radius 3 is 2.60 bits per heavy atom. The maximum atomic E-state index is 5.78. The van der Waals surface area contributed by atoms with E-state index in [1.807, 2.05) is 13.0 Å². The van der Waals surface area contributed by atoms with Gasteiger partial charge in [0.05, 0.1) is 18.3 Å². The molecule has 0 bridgehead atoms. The first kappa shape index (κ1) is 24.1. The number of halogens is 1. The summed E-state index contributed by atoms with van der Waals surface area (Å²) < 4.78 is 11.1. The molecule has 0 radical (unpaired) electrons. The number of ether oxygens (including phenoxy) is 1. The lowest BCUT2D eigenvalue weighted by atomic mass is 10.1. The summed E-state index contributed by atoms with van der Waals surface area (Å²) in [6, 6.07) is 1.98. The molecule has 0 fully saturated rings. The zero-order valence-electron chi connectivity index (χ0n) is 16.3. The van der Waals surface area contributed by atoms with Crippen molar-refractivity contribution in [2.24, 2.45) is 4.99 Å². The molecule has 2 N–H and O–H groups in total. The third-order valence-electron chi connectivity index (χ3n) is 3.62. The number of hydrogen-bond donors (Lipinski definition) is 2. The Bertz CT molecular complexity index is 491. The van der Waals surface area contributed by atoms with Gasteiger partial charge in [0, 0.05) is 32.8 Å². The van der Waals surface area contributed by atoms with Crippen LogP contribution in [0.15, 0.2) is 15.6 Å². The summed E-state index contributed by atoms with van der Waals surface area (Å²) in [5, 5.41) is 10.6. The number of guanidine groups is 1. The Labute approximate surface area is 169 Å². The van der Waals surface area contributed by atoms with E-state index < -0.39 is 0 Å². The fourth-order valence-corrected chi connectivity index (χ4v) is 2.17. The average molecular weight is 467 g/mol. The van der Waals surface area contributed by atoms with Crippen LogP contribution >= 0.6 is 24.0 Å². The van der Waals surface area contributed by atoms with Crippen molar-refractivity contribution in [3.63, 3.8) is 0 Å². The van der Waals surface area contributed by atoms with Crippen LogP contribution in [0.5, 0.6) is 0 Å². The van der Waals surface area contributed by atoms with E-state index >= 15 is 0 Å². The van der Waals surface area contributed by atoms with Crippen molar-refractivity contribution in [3.8, 4) is 0 Å². The van der Waals surface area contributed by atoms with Gasteiger partial charge in [-0.05, 0) is 33.4 Å². The van der Waals surface area contributed by atoms with Gasteiger partial charge in [-0.2, -0.15) is 0 Å². The van der Waals surface area contributed by atoms with E-state index in [1.165, 1.54) is 0 Å². The largest absolute Gasteiger partial charge is 0.377 e. The van der Waals surface area contributed by atoms with Gasteiger partial charge in [0.15, 0.2) is 11.7 Å². The molecule has 0 saturated heterocycles. The van der Waals surface area contributed by atoms with Gasteiger partial charge in [0.2, 0.25) is 0 Å². The van der Waals surface area contributed by atoms with Gasteiger partial charge in [-0.1, -0.05) is 19.0 Å². The molecule has 25 heavy (non-hydrogen) atoms. The smallest absolute Gasteiger partial charge is 0.191 e. The second-order valence-electron chi connectivity index (χ2n) is 6.35. The molecule has 1 aromatic heterocycles. The van der Waals surface area contributed by atoms with Gasteiger partial charge in [0.1, 0.15) is 0 Å². The number of nitrogens with one attached hydrogen (secondary N) is 2. The second-order valence-corrected chi connectivity index (χ2v) is 6.35. The number of aromatic nitrogens is 1. The molecule has 1 rings (SSSR count). The molecular formula is C17H34IN5O2. The SMILES string of the molecule is CCOC(CCN(C)C)CNC(=NC)NCc1cc(C(C)C)no1.I. The molecule has 0 aliphatic rings. The Morgan fingerprint density at radius 2 is 2.08 bits per heavy atom. The monoisotopic (exact) mass is 467 g/mol. The highest BCUT2D eigenvalue weighted by molar-refractivity contribution is 14.0. The van der Waals surface area contributed by atoms with Crippen molar-refractivity contribution >= 4 is 29.9 Å². The third-order valence-corrected chi connectivity index (χ3v) is 3.62. The summed E-state index contributed by atoms with van der Waals surface area (Å²) in [7, 11) is 5.89. The van der Waals surface area contributed by atoms with Crippen molar-refractivity contribution < 1.29 is 9.26 Å². The second kappa shape index (κ2) is 13.3. The molecule has 0 spiro atoms. The fraction of sp³-hybridized carbons (Fsp3) is 0.765. The molecule has 7 nitrogen and oxygen atoms in total. The Morgan fingerprint density at radius 1 is 1.36 bits per heavy atom. The first-order chi connectivity index (χ1) is 11.5. The lowest BCUT2D eigenvalue weighted by molar-refractivity contribution is 0.0548. The average Bonchev–Trinajstić information content (AvgIpc) is 3.01. The van der Waals surface area contributed by atoms with Crippen LogP contribution in [0.2, 0.25) is 0 Å². The molecule has 0 aliphatic carbocycles. The predicted octanol–water partition coefficient (Wildman–Crippen LogP) is 2.44. The van der Waals surface area contributed by atoms with Crippen LogP contribution in [0.1, 0.15) is 44.6 Å². The minimum absolute atomic E-state index is 0. The van der Waals surface area contributed by atoms with E-state index in [4.69, 9.17) is 9.26 Å². The van der Waals surface area contributed by atoms with Crippen LogP contribution in [0.4, 0.5) is 0 Å². The summed E-state index contributed by atoms with van der Waals surface area (Å²) in [6.07, 6.45) is 1.14. The topological polar surface area (TPSA) is 74.9 Å². The molecule has 1 unspecified atom stereocenters. The van der Waals surface area contributed by atoms with E-state index in [0.717, 1.165) is 36.9 Å². The molecule has 1 atom stereocenters. The lowest BCUT2D eigenvalue weighted by Crippen LogP contribution is -2.42. The maximum absolute atomic E-state index is 5.78. The summed E-state index contributed by atoms with van der Waals surface area (Å²) in [5.41, 5.74) is 0.967. The first-order valence-corrected chi connectivity index (χ1v) is 8.62. The van der Waals surface area contributed by atoms with Gasteiger partial charge in [0.25, 0.3) is 0 Å². The first-order valence-electron chi connectivity index (χ1n) is 8.62. The van der Waals surface area contributed by atoms with Crippen molar-refractivity contribution in [1.82, 2.24) is 20.7 Å². The van der Waals surface area contributed by atoms with Gasteiger partial charge < -0.3 is 24.8 Å². The summed E-state index contributed by atoms with van der Waals surface area (Å²) in [6.45, 7) is 9.18. The molecule has 8 heteroatoms. The molecule has 1 heterocycles. The van der Waals surface area contributed by atoms with Gasteiger partial charge in [-0.15, -0.1) is 24.0 Å². The van der Waals surface area contributed by atoms with Gasteiger partial charge in [-0.25, -0.2) is 0 Å². The summed E-state index contributed by atoms with van der Waals surface area (Å²) >= 11 is 0. The highest BCUT2D eigenvalue weighted by Gasteiger charge is 2.11. The van der Waals surface area contributed by atoms with Crippen LogP contribution < -0.4 is 10.6 Å². The normalized spacial score (nSPS) is 13.0. The lowest BCUT2D eigenvalue weighted by Gasteiger charge is -2.21. The third kappa shape index (κ3) is 10.0. The molecule has 0 aromatic carbocycles. The van der Waals surface area contributed by atoms with Crippen molar-refractivity contribution in [2.75, 3.05) is 40.8 Å². The van der Waals surface area contributed by atoms with Crippen LogP contribution in [-0.2, 0) is 11.3 Å². The molecule has 0 aliphatic heterocycles. The molecule has 0 amide bonds. The predicted molar refractivity (Wildman–Crippen MR) is 113 cm³/mol. The zero-order valence-corrected chi connectivity index (χ0v) is 18.7. The highest BCUT2D eigenvalue weighted by atomic mass is 127. The summed E-state index contributed by atoms with van der Waals surface area (Å²) in [4.78, 5) is 6.40. The highest BCUT2D eigenvalue weighted by Crippen LogP contribution is 2.13. The minimum atomic E-state index is 0. The fourth-order valence-electron chi connectivity index (χ4n) is 2.17. The van der Waals surface area contributed by atoms with E-state index in [1.54, 1.807) is 7.05 Å². The molecular weight excluding hydrogens is 433 g/mol. The van der Waals surface area contributed by atoms with Gasteiger partial charge >= 0.3 is 0 Å². The van der Waals surface area contributed by atoms with Crippen LogP contribution in [0.25, 0.3) is 0 Å². The number of nitrogens with zero attached hydrogens (tertiary/aromatic N) is 3. The standard InChI is InChI=1S/C17H33N5O2.HI/c1-7-23-14(8-9-22(5)6)11-19-17(18-4)20-12-15-10-16(13(2)3)21-24-15;/h10,13-14H,7-9,11-12H2,1-6H3,(H2,18,19,20);1H. The number of aliphatic imine (C=N–C) groups is 1. The Balaban J connectivity index is 0.00000576. The zero-order chi connectivity index (χ0) is 17.9. The van der Waals surface area contributed by atoms with Crippen LogP contribution in [0, 0.1) is 0 Å². The Kier molecular flexibility index (Phi) is 12.9. The van der Waals surface area contributed by atoms with Crippen molar-refractivity contribution in [1.29, 1.82) is 0 Å². The minimum Gasteiger partial charge on any atom is -0.377 e. The maximum Gasteiger partial charge on any atom is 0.191 e. The van der Waals surface area contributed by atoms with E-state index in [2.05, 4.69) is 53.6 Å². The van der Waals surface area contributed by atoms with Crippen LogP contribution in [0.3, 0.4) is 0 Å². The van der Waals surface area contributed by atoms with Gasteiger partial charge in [-0.3, -0.25) is 4.99 Å². The van der Waals surface area contributed by atoms with E-state index in [0.29, 0.717) is 19.1 Å². The van der Waals surface area contributed by atoms with E-state index in [-0.39, 0.29) is 30.1 Å².